The van der Waals surface area contributed by atoms with Gasteiger partial charge in [0.15, 0.2) is 0 Å². The fourth-order valence-electron chi connectivity index (χ4n) is 4.02. The molecular weight excluding hydrogens is 304 g/mol. The maximum Gasteiger partial charge on any atom is 0.294 e. The lowest BCUT2D eigenvalue weighted by atomic mass is 9.97. The summed E-state index contributed by atoms with van der Waals surface area (Å²) in [5.41, 5.74) is 7.86. The van der Waals surface area contributed by atoms with Crippen molar-refractivity contribution in [2.45, 2.75) is 33.6 Å². The first kappa shape index (κ1) is 15.9. The highest BCUT2D eigenvalue weighted by Crippen LogP contribution is 2.33. The van der Waals surface area contributed by atoms with Crippen molar-refractivity contribution in [1.29, 1.82) is 0 Å². The molecule has 0 aliphatic carbocycles. The van der Waals surface area contributed by atoms with Crippen LogP contribution >= 0.6 is 0 Å². The third-order valence-corrected chi connectivity index (χ3v) is 5.25. The molecule has 0 aliphatic rings. The number of fused-ring (bicyclic) bond motifs is 3. The van der Waals surface area contributed by atoms with Crippen molar-refractivity contribution in [2.75, 3.05) is 0 Å². The highest BCUT2D eigenvalue weighted by molar-refractivity contribution is 6.07. The second-order valence-electron chi connectivity index (χ2n) is 7.36. The van der Waals surface area contributed by atoms with Gasteiger partial charge in [0.25, 0.3) is 5.65 Å². The summed E-state index contributed by atoms with van der Waals surface area (Å²) in [6, 6.07) is 17.8. The number of hydrogen-bond acceptors (Lipinski definition) is 0. The molecule has 0 bridgehead atoms. The average Bonchev–Trinajstić information content (AvgIpc) is 2.90. The van der Waals surface area contributed by atoms with E-state index in [0.717, 1.165) is 0 Å². The van der Waals surface area contributed by atoms with Gasteiger partial charge in [0, 0.05) is 5.39 Å². The van der Waals surface area contributed by atoms with E-state index in [4.69, 9.17) is 0 Å². The normalized spacial score (nSPS) is 11.8. The van der Waals surface area contributed by atoms with E-state index in [1.165, 1.54) is 44.3 Å². The molecule has 2 aromatic heterocycles. The summed E-state index contributed by atoms with van der Waals surface area (Å²) >= 11 is 0. The Balaban J connectivity index is 2.20. The minimum atomic E-state index is 0.518. The Morgan fingerprint density at radius 1 is 0.920 bits per heavy atom. The average molecular weight is 329 g/mol. The molecule has 0 spiro atoms. The summed E-state index contributed by atoms with van der Waals surface area (Å²) in [7, 11) is 2.13. The molecule has 0 N–H and O–H groups in total. The minimum Gasteiger partial charge on any atom is -0.236 e. The van der Waals surface area contributed by atoms with E-state index >= 15 is 0 Å². The van der Waals surface area contributed by atoms with E-state index < -0.39 is 0 Å². The molecule has 2 aromatic carbocycles. The van der Waals surface area contributed by atoms with Crippen LogP contribution in [-0.4, -0.2) is 4.57 Å². The van der Waals surface area contributed by atoms with Crippen molar-refractivity contribution in [1.82, 2.24) is 4.57 Å². The van der Waals surface area contributed by atoms with Crippen molar-refractivity contribution >= 4 is 21.9 Å². The number of aromatic nitrogens is 2. The van der Waals surface area contributed by atoms with Crippen LogP contribution in [0.2, 0.25) is 0 Å². The molecule has 0 saturated carbocycles. The highest BCUT2D eigenvalue weighted by atomic mass is 15.1. The summed E-state index contributed by atoms with van der Waals surface area (Å²) in [5, 5.41) is 2.62. The topological polar surface area (TPSA) is 8.81 Å². The molecule has 0 fully saturated rings. The summed E-state index contributed by atoms with van der Waals surface area (Å²) < 4.78 is 4.65. The first-order valence-electron chi connectivity index (χ1n) is 8.98. The van der Waals surface area contributed by atoms with Gasteiger partial charge < -0.3 is 0 Å². The number of rotatable bonds is 2. The van der Waals surface area contributed by atoms with Gasteiger partial charge in [-0.2, -0.15) is 4.57 Å². The molecule has 2 heteroatoms. The van der Waals surface area contributed by atoms with E-state index in [1.807, 2.05) is 0 Å². The Labute approximate surface area is 149 Å². The van der Waals surface area contributed by atoms with Crippen LogP contribution in [0.15, 0.2) is 54.7 Å². The van der Waals surface area contributed by atoms with Gasteiger partial charge in [-0.05, 0) is 61.2 Å². The Morgan fingerprint density at radius 2 is 1.72 bits per heavy atom. The fourth-order valence-corrected chi connectivity index (χ4v) is 4.02. The lowest BCUT2D eigenvalue weighted by Gasteiger charge is -2.13. The summed E-state index contributed by atoms with van der Waals surface area (Å²) in [5.74, 6) is 0.518. The molecular formula is C23H25N2+. The standard InChI is InChI=1S/C23H25N2/c1-15(2)18-8-6-10-21(17(18)4)25-22-12-11-16(3)14-20(22)19-9-7-13-24(5)23(19)25/h6-15H,1-5H3/q+1. The first-order valence-corrected chi connectivity index (χ1v) is 8.98. The van der Waals surface area contributed by atoms with Crippen LogP contribution in [0.25, 0.3) is 27.6 Å². The minimum absolute atomic E-state index is 0.518. The third kappa shape index (κ3) is 2.36. The second-order valence-corrected chi connectivity index (χ2v) is 7.36. The predicted molar refractivity (Wildman–Crippen MR) is 106 cm³/mol. The Hall–Kier alpha value is -2.61. The quantitative estimate of drug-likeness (QED) is 0.438. The van der Waals surface area contributed by atoms with Gasteiger partial charge in [-0.1, -0.05) is 37.6 Å². The summed E-state index contributed by atoms with van der Waals surface area (Å²) in [6.07, 6.45) is 2.13. The van der Waals surface area contributed by atoms with E-state index in [0.29, 0.717) is 5.92 Å². The second kappa shape index (κ2) is 5.73. The maximum absolute atomic E-state index is 2.42. The van der Waals surface area contributed by atoms with E-state index in [1.54, 1.807) is 0 Å². The predicted octanol–water partition coefficient (Wildman–Crippen LogP) is 5.35. The molecule has 25 heavy (non-hydrogen) atoms. The zero-order valence-corrected chi connectivity index (χ0v) is 15.7. The molecule has 0 atom stereocenters. The van der Waals surface area contributed by atoms with Crippen LogP contribution in [0.4, 0.5) is 0 Å². The van der Waals surface area contributed by atoms with Gasteiger partial charge in [-0.3, -0.25) is 0 Å². The van der Waals surface area contributed by atoms with Crippen LogP contribution in [0, 0.1) is 13.8 Å². The van der Waals surface area contributed by atoms with Crippen molar-refractivity contribution in [3.8, 4) is 5.69 Å². The number of benzene rings is 2. The SMILES string of the molecule is Cc1ccc2c(c1)c1ccc[n+](C)c1n2-c1cccc(C(C)C)c1C. The molecule has 0 aliphatic heterocycles. The maximum atomic E-state index is 2.42. The zero-order chi connectivity index (χ0) is 17.7. The van der Waals surface area contributed by atoms with E-state index in [-0.39, 0.29) is 0 Å². The van der Waals surface area contributed by atoms with Gasteiger partial charge in [0.2, 0.25) is 0 Å². The van der Waals surface area contributed by atoms with E-state index in [9.17, 15) is 0 Å². The largest absolute Gasteiger partial charge is 0.294 e. The summed E-state index contributed by atoms with van der Waals surface area (Å²) in [6.45, 7) is 8.94. The highest BCUT2D eigenvalue weighted by Gasteiger charge is 2.23. The van der Waals surface area contributed by atoms with Crippen molar-refractivity contribution in [3.63, 3.8) is 0 Å². The van der Waals surface area contributed by atoms with Gasteiger partial charge in [-0.25, -0.2) is 4.57 Å². The van der Waals surface area contributed by atoms with Crippen LogP contribution in [-0.2, 0) is 7.05 Å². The Bertz CT molecular complexity index is 1100. The van der Waals surface area contributed by atoms with Gasteiger partial charge >= 0.3 is 0 Å². The molecule has 4 rings (SSSR count). The molecule has 4 aromatic rings. The molecule has 0 unspecified atom stereocenters. The first-order chi connectivity index (χ1) is 12.0. The Morgan fingerprint density at radius 3 is 2.48 bits per heavy atom. The fraction of sp³-hybridized carbons (Fsp3) is 0.261. The number of hydrogen-bond donors (Lipinski definition) is 0. The van der Waals surface area contributed by atoms with Crippen molar-refractivity contribution < 1.29 is 4.57 Å². The molecule has 2 heterocycles. The smallest absolute Gasteiger partial charge is 0.236 e. The van der Waals surface area contributed by atoms with Gasteiger partial charge in [0.05, 0.1) is 18.6 Å². The van der Waals surface area contributed by atoms with Crippen molar-refractivity contribution in [3.05, 3.63) is 71.4 Å². The number of aryl methyl sites for hydroxylation is 2. The third-order valence-electron chi connectivity index (χ3n) is 5.25. The number of pyridine rings is 1. The molecule has 2 nitrogen and oxygen atoms in total. The van der Waals surface area contributed by atoms with Crippen LogP contribution < -0.4 is 4.57 Å². The Kier molecular flexibility index (Phi) is 3.64. The lowest BCUT2D eigenvalue weighted by molar-refractivity contribution is -0.647. The molecule has 0 radical (unpaired) electrons. The monoisotopic (exact) mass is 329 g/mol. The van der Waals surface area contributed by atoms with Crippen LogP contribution in [0.3, 0.4) is 0 Å². The van der Waals surface area contributed by atoms with Crippen LogP contribution in [0.1, 0.15) is 36.5 Å². The zero-order valence-electron chi connectivity index (χ0n) is 15.7. The van der Waals surface area contributed by atoms with Gasteiger partial charge in [-0.15, -0.1) is 0 Å². The molecule has 126 valence electrons. The van der Waals surface area contributed by atoms with Crippen molar-refractivity contribution in [2.24, 2.45) is 7.05 Å². The van der Waals surface area contributed by atoms with E-state index in [2.05, 4.69) is 98.6 Å². The summed E-state index contributed by atoms with van der Waals surface area (Å²) in [4.78, 5) is 0. The van der Waals surface area contributed by atoms with Gasteiger partial charge in [0.1, 0.15) is 11.2 Å². The molecule has 0 saturated heterocycles. The lowest BCUT2D eigenvalue weighted by Crippen LogP contribution is -2.30. The number of nitrogens with zero attached hydrogens (tertiary/aromatic N) is 2. The molecule has 0 amide bonds. The van der Waals surface area contributed by atoms with Crippen LogP contribution in [0.5, 0.6) is 0 Å².